The van der Waals surface area contributed by atoms with Gasteiger partial charge in [-0.2, -0.15) is 0 Å². The van der Waals surface area contributed by atoms with Crippen LogP contribution < -0.4 is 10.1 Å². The molecule has 0 bridgehead atoms. The van der Waals surface area contributed by atoms with Crippen molar-refractivity contribution in [2.24, 2.45) is 0 Å². The van der Waals surface area contributed by atoms with E-state index >= 15 is 0 Å². The molecule has 2 aromatic rings. The summed E-state index contributed by atoms with van der Waals surface area (Å²) in [4.78, 5) is 26.4. The summed E-state index contributed by atoms with van der Waals surface area (Å²) >= 11 is 0. The number of fused-ring (bicyclic) bond motifs is 1. The summed E-state index contributed by atoms with van der Waals surface area (Å²) in [5.41, 5.74) is 2.87. The minimum atomic E-state index is -0.236. The van der Waals surface area contributed by atoms with Crippen LogP contribution in [0.25, 0.3) is 5.70 Å². The highest BCUT2D eigenvalue weighted by Crippen LogP contribution is 2.30. The van der Waals surface area contributed by atoms with E-state index in [0.717, 1.165) is 16.9 Å². The molecule has 1 N–H and O–H groups in total. The van der Waals surface area contributed by atoms with Crippen LogP contribution in [0.1, 0.15) is 48.3 Å². The average molecular weight is 364 g/mol. The Hall–Kier alpha value is -3.08. The SMILES string of the molecule is C=C1c2ccccc2C(=O)N1CC(=O)NC(C)c1cccc(OC(C)C)c1. The quantitative estimate of drug-likeness (QED) is 0.849. The van der Waals surface area contributed by atoms with Gasteiger partial charge in [-0.15, -0.1) is 0 Å². The Kier molecular flexibility index (Phi) is 5.31. The summed E-state index contributed by atoms with van der Waals surface area (Å²) in [6.07, 6.45) is 0.0824. The summed E-state index contributed by atoms with van der Waals surface area (Å²) in [5, 5.41) is 2.94. The molecule has 0 fully saturated rings. The molecule has 3 rings (SSSR count). The molecule has 0 aliphatic carbocycles. The third kappa shape index (κ3) is 4.03. The Labute approximate surface area is 159 Å². The minimum absolute atomic E-state index is 0.0567. The lowest BCUT2D eigenvalue weighted by atomic mass is 10.1. The fourth-order valence-electron chi connectivity index (χ4n) is 3.15. The predicted octanol–water partition coefficient (Wildman–Crippen LogP) is 3.78. The third-order valence-electron chi connectivity index (χ3n) is 4.45. The summed E-state index contributed by atoms with van der Waals surface area (Å²) < 4.78 is 5.70. The Bertz CT molecular complexity index is 854. The van der Waals surface area contributed by atoms with Gasteiger partial charge in [0.1, 0.15) is 12.3 Å². The van der Waals surface area contributed by atoms with E-state index in [9.17, 15) is 9.59 Å². The van der Waals surface area contributed by atoms with Gasteiger partial charge in [0.25, 0.3) is 5.91 Å². The molecule has 5 heteroatoms. The van der Waals surface area contributed by atoms with Gasteiger partial charge in [0, 0.05) is 16.8 Å². The van der Waals surface area contributed by atoms with Crippen LogP contribution in [0.15, 0.2) is 55.1 Å². The summed E-state index contributed by atoms with van der Waals surface area (Å²) in [5.74, 6) is 0.341. The number of nitrogens with zero attached hydrogens (tertiary/aromatic N) is 1. The van der Waals surface area contributed by atoms with E-state index < -0.39 is 0 Å². The van der Waals surface area contributed by atoms with Gasteiger partial charge in [0.2, 0.25) is 5.91 Å². The molecule has 2 amide bonds. The summed E-state index contributed by atoms with van der Waals surface area (Å²) in [7, 11) is 0. The average Bonchev–Trinajstić information content (AvgIpc) is 2.86. The second kappa shape index (κ2) is 7.66. The van der Waals surface area contributed by atoms with Gasteiger partial charge in [0.15, 0.2) is 0 Å². The topological polar surface area (TPSA) is 58.6 Å². The second-order valence-electron chi connectivity index (χ2n) is 6.91. The lowest BCUT2D eigenvalue weighted by molar-refractivity contribution is -0.121. The fourth-order valence-corrected chi connectivity index (χ4v) is 3.15. The zero-order valence-electron chi connectivity index (χ0n) is 15.9. The molecule has 5 nitrogen and oxygen atoms in total. The van der Waals surface area contributed by atoms with Gasteiger partial charge in [0.05, 0.1) is 12.1 Å². The largest absolute Gasteiger partial charge is 0.491 e. The van der Waals surface area contributed by atoms with Crippen molar-refractivity contribution in [1.82, 2.24) is 10.2 Å². The maximum Gasteiger partial charge on any atom is 0.259 e. The maximum absolute atomic E-state index is 12.5. The van der Waals surface area contributed by atoms with Gasteiger partial charge in [-0.25, -0.2) is 0 Å². The number of amides is 2. The molecule has 1 heterocycles. The molecule has 1 atom stereocenters. The van der Waals surface area contributed by atoms with Gasteiger partial charge < -0.3 is 10.1 Å². The van der Waals surface area contributed by atoms with Crippen molar-refractivity contribution in [3.63, 3.8) is 0 Å². The van der Waals surface area contributed by atoms with Crippen LogP contribution >= 0.6 is 0 Å². The standard InChI is InChI=1S/C22H24N2O3/c1-14(2)27-18-9-7-8-17(12-18)15(3)23-21(25)13-24-16(4)19-10-5-6-11-20(19)22(24)26/h5-12,14-15H,4,13H2,1-3H3,(H,23,25). The van der Waals surface area contributed by atoms with Crippen LogP contribution in [0.3, 0.4) is 0 Å². The first-order chi connectivity index (χ1) is 12.9. The Morgan fingerprint density at radius 2 is 1.81 bits per heavy atom. The molecule has 2 aromatic carbocycles. The summed E-state index contributed by atoms with van der Waals surface area (Å²) in [6.45, 7) is 9.75. The molecule has 27 heavy (non-hydrogen) atoms. The van der Waals surface area contributed by atoms with Crippen molar-refractivity contribution >= 4 is 17.5 Å². The highest BCUT2D eigenvalue weighted by molar-refractivity contribution is 6.10. The number of carbonyl (C=O) groups is 2. The van der Waals surface area contributed by atoms with E-state index in [4.69, 9.17) is 4.74 Å². The number of rotatable bonds is 6. The van der Waals surface area contributed by atoms with E-state index in [2.05, 4.69) is 11.9 Å². The molecule has 0 spiro atoms. The smallest absolute Gasteiger partial charge is 0.259 e. The van der Waals surface area contributed by atoms with Crippen LogP contribution in [0.4, 0.5) is 0 Å². The van der Waals surface area contributed by atoms with Crippen LogP contribution in [-0.2, 0) is 4.79 Å². The predicted molar refractivity (Wildman–Crippen MR) is 105 cm³/mol. The second-order valence-corrected chi connectivity index (χ2v) is 6.91. The Balaban J connectivity index is 1.65. The highest BCUT2D eigenvalue weighted by atomic mass is 16.5. The number of nitrogens with one attached hydrogen (secondary N) is 1. The summed E-state index contributed by atoms with van der Waals surface area (Å²) in [6, 6.07) is 14.7. The Morgan fingerprint density at radius 3 is 2.48 bits per heavy atom. The number of carbonyl (C=O) groups excluding carboxylic acids is 2. The third-order valence-corrected chi connectivity index (χ3v) is 4.45. The number of ether oxygens (including phenoxy) is 1. The molecule has 0 saturated heterocycles. The van der Waals surface area contributed by atoms with E-state index in [1.807, 2.05) is 63.2 Å². The highest BCUT2D eigenvalue weighted by Gasteiger charge is 2.32. The minimum Gasteiger partial charge on any atom is -0.491 e. The lowest BCUT2D eigenvalue weighted by Gasteiger charge is -2.20. The molecule has 1 aliphatic rings. The van der Waals surface area contributed by atoms with Crippen molar-refractivity contribution < 1.29 is 14.3 Å². The van der Waals surface area contributed by atoms with E-state index in [-0.39, 0.29) is 30.5 Å². The first-order valence-electron chi connectivity index (χ1n) is 9.03. The molecule has 0 radical (unpaired) electrons. The van der Waals surface area contributed by atoms with Gasteiger partial charge in [-0.3, -0.25) is 14.5 Å². The van der Waals surface area contributed by atoms with Crippen molar-refractivity contribution in [1.29, 1.82) is 0 Å². The molecular weight excluding hydrogens is 340 g/mol. The van der Waals surface area contributed by atoms with Crippen LogP contribution in [-0.4, -0.2) is 29.4 Å². The first-order valence-corrected chi connectivity index (χ1v) is 9.03. The van der Waals surface area contributed by atoms with Gasteiger partial charge in [-0.05, 0) is 44.5 Å². The van der Waals surface area contributed by atoms with E-state index in [0.29, 0.717) is 11.3 Å². The normalized spacial score (nSPS) is 14.3. The van der Waals surface area contributed by atoms with Crippen molar-refractivity contribution in [2.75, 3.05) is 6.54 Å². The lowest BCUT2D eigenvalue weighted by Crippen LogP contribution is -2.37. The van der Waals surface area contributed by atoms with Crippen LogP contribution in [0, 0.1) is 0 Å². The Morgan fingerprint density at radius 1 is 1.11 bits per heavy atom. The molecule has 0 saturated carbocycles. The maximum atomic E-state index is 12.5. The molecule has 0 aromatic heterocycles. The number of hydrogen-bond acceptors (Lipinski definition) is 3. The zero-order valence-corrected chi connectivity index (χ0v) is 15.9. The molecule has 1 unspecified atom stereocenters. The number of hydrogen-bond donors (Lipinski definition) is 1. The van der Waals surface area contributed by atoms with E-state index in [1.54, 1.807) is 6.07 Å². The fraction of sp³-hybridized carbons (Fsp3) is 0.273. The van der Waals surface area contributed by atoms with Crippen LogP contribution in [0.2, 0.25) is 0 Å². The van der Waals surface area contributed by atoms with Crippen molar-refractivity contribution in [2.45, 2.75) is 32.9 Å². The van der Waals surface area contributed by atoms with Gasteiger partial charge in [-0.1, -0.05) is 36.9 Å². The van der Waals surface area contributed by atoms with Gasteiger partial charge >= 0.3 is 0 Å². The van der Waals surface area contributed by atoms with Crippen molar-refractivity contribution in [3.8, 4) is 5.75 Å². The molecular formula is C22H24N2O3. The number of benzene rings is 2. The monoisotopic (exact) mass is 364 g/mol. The molecule has 140 valence electrons. The van der Waals surface area contributed by atoms with Crippen LogP contribution in [0.5, 0.6) is 5.75 Å². The first kappa shape index (κ1) is 18.7. The molecule has 1 aliphatic heterocycles. The zero-order chi connectivity index (χ0) is 19.6. The van der Waals surface area contributed by atoms with E-state index in [1.165, 1.54) is 4.90 Å². The van der Waals surface area contributed by atoms with Crippen molar-refractivity contribution in [3.05, 3.63) is 71.8 Å².